The predicted octanol–water partition coefficient (Wildman–Crippen LogP) is 0.911. The Morgan fingerprint density at radius 3 is 2.56 bits per heavy atom. The molecule has 1 fully saturated rings. The lowest BCUT2D eigenvalue weighted by molar-refractivity contribution is -0.118. The van der Waals surface area contributed by atoms with Crippen LogP contribution in [0.1, 0.15) is 0 Å². The number of aromatic nitrogens is 3. The summed E-state index contributed by atoms with van der Waals surface area (Å²) >= 11 is 0. The maximum atomic E-state index is 10.8. The van der Waals surface area contributed by atoms with Gasteiger partial charge < -0.3 is 24.6 Å². The number of nitrogens with zero attached hydrogens (tertiary/aromatic N) is 5. The van der Waals surface area contributed by atoms with Crippen molar-refractivity contribution >= 4 is 23.9 Å². The second-order valence-electron chi connectivity index (χ2n) is 5.46. The highest BCUT2D eigenvalue weighted by Crippen LogP contribution is 2.30. The van der Waals surface area contributed by atoms with Crippen molar-refractivity contribution in [2.24, 2.45) is 0 Å². The van der Waals surface area contributed by atoms with Crippen LogP contribution in [0.2, 0.25) is 0 Å². The van der Waals surface area contributed by atoms with Gasteiger partial charge in [-0.3, -0.25) is 4.79 Å². The van der Waals surface area contributed by atoms with E-state index in [0.29, 0.717) is 43.6 Å². The number of carbonyl (C=O) groups is 1. The Morgan fingerprint density at radius 2 is 1.88 bits per heavy atom. The van der Waals surface area contributed by atoms with Gasteiger partial charge in [-0.25, -0.2) is 0 Å². The molecule has 25 heavy (non-hydrogen) atoms. The Labute approximate surface area is 145 Å². The fourth-order valence-electron chi connectivity index (χ4n) is 2.60. The second-order valence-corrected chi connectivity index (χ2v) is 5.46. The zero-order valence-electron chi connectivity index (χ0n) is 14.2. The molecular weight excluding hydrogens is 324 g/mol. The van der Waals surface area contributed by atoms with E-state index in [9.17, 15) is 4.79 Å². The fourth-order valence-corrected chi connectivity index (χ4v) is 2.60. The Kier molecular flexibility index (Phi) is 5.12. The van der Waals surface area contributed by atoms with E-state index in [1.807, 2.05) is 6.07 Å². The number of amides is 1. The summed E-state index contributed by atoms with van der Waals surface area (Å²) < 4.78 is 10.5. The highest BCUT2D eigenvalue weighted by molar-refractivity contribution is 5.60. The molecule has 1 aliphatic rings. The van der Waals surface area contributed by atoms with Gasteiger partial charge in [0.05, 0.1) is 20.4 Å². The molecule has 1 amide bonds. The third-order valence-electron chi connectivity index (χ3n) is 3.97. The molecule has 9 nitrogen and oxygen atoms in total. The Balaban J connectivity index is 1.73. The normalized spacial score (nSPS) is 14.2. The minimum Gasteiger partial charge on any atom is -0.493 e. The average molecular weight is 344 g/mol. The third kappa shape index (κ3) is 3.87. The summed E-state index contributed by atoms with van der Waals surface area (Å²) in [7, 11) is 3.17. The van der Waals surface area contributed by atoms with Crippen molar-refractivity contribution < 1.29 is 14.3 Å². The zero-order valence-corrected chi connectivity index (χ0v) is 14.2. The molecule has 1 aromatic carbocycles. The van der Waals surface area contributed by atoms with E-state index >= 15 is 0 Å². The van der Waals surface area contributed by atoms with Gasteiger partial charge in [0.2, 0.25) is 12.4 Å². The van der Waals surface area contributed by atoms with Gasteiger partial charge in [0.25, 0.3) is 0 Å². The van der Waals surface area contributed by atoms with Gasteiger partial charge in [0.1, 0.15) is 0 Å². The molecule has 2 aromatic rings. The summed E-state index contributed by atoms with van der Waals surface area (Å²) in [5.74, 6) is 2.38. The number of methoxy groups -OCH3 is 2. The maximum Gasteiger partial charge on any atom is 0.249 e. The number of benzene rings is 1. The van der Waals surface area contributed by atoms with E-state index in [1.165, 1.54) is 0 Å². The van der Waals surface area contributed by atoms with Gasteiger partial charge >= 0.3 is 0 Å². The zero-order chi connectivity index (χ0) is 17.6. The van der Waals surface area contributed by atoms with Gasteiger partial charge in [0.15, 0.2) is 17.3 Å². The van der Waals surface area contributed by atoms with Crippen LogP contribution >= 0.6 is 0 Å². The van der Waals surface area contributed by atoms with Crippen LogP contribution in [0.25, 0.3) is 0 Å². The molecule has 1 aliphatic heterocycles. The molecule has 0 radical (unpaired) electrons. The summed E-state index contributed by atoms with van der Waals surface area (Å²) in [5, 5.41) is 11.2. The van der Waals surface area contributed by atoms with Crippen molar-refractivity contribution in [3.05, 3.63) is 24.4 Å². The molecule has 1 N–H and O–H groups in total. The van der Waals surface area contributed by atoms with E-state index in [-0.39, 0.29) is 0 Å². The van der Waals surface area contributed by atoms with Gasteiger partial charge in [-0.2, -0.15) is 10.1 Å². The molecule has 9 heteroatoms. The summed E-state index contributed by atoms with van der Waals surface area (Å²) in [4.78, 5) is 19.1. The molecule has 1 aromatic heterocycles. The molecular formula is C16H20N6O3. The first-order valence-corrected chi connectivity index (χ1v) is 7.86. The molecule has 3 rings (SSSR count). The standard InChI is InChI=1S/C16H20N6O3/c1-24-13-4-3-12(9-14(13)25-2)18-16-19-15(10-17-20-16)22-7-5-21(11-23)6-8-22/h3-4,9-11H,5-8H2,1-2H3,(H,18,19,20). The molecule has 0 saturated carbocycles. The molecule has 0 aliphatic carbocycles. The number of carbonyl (C=O) groups excluding carboxylic acids is 1. The van der Waals surface area contributed by atoms with Gasteiger partial charge in [-0.15, -0.1) is 5.10 Å². The molecule has 0 spiro atoms. The Bertz CT molecular complexity index is 734. The summed E-state index contributed by atoms with van der Waals surface area (Å²) in [5.41, 5.74) is 0.766. The Morgan fingerprint density at radius 1 is 1.12 bits per heavy atom. The third-order valence-corrected chi connectivity index (χ3v) is 3.97. The first-order chi connectivity index (χ1) is 12.2. The van der Waals surface area contributed by atoms with Crippen LogP contribution in [0, 0.1) is 0 Å². The highest BCUT2D eigenvalue weighted by atomic mass is 16.5. The van der Waals surface area contributed by atoms with Gasteiger partial charge in [0, 0.05) is 37.9 Å². The van der Waals surface area contributed by atoms with Crippen LogP contribution in [0.4, 0.5) is 17.5 Å². The lowest BCUT2D eigenvalue weighted by atomic mass is 10.3. The van der Waals surface area contributed by atoms with Crippen molar-refractivity contribution in [2.75, 3.05) is 50.6 Å². The lowest BCUT2D eigenvalue weighted by Gasteiger charge is -2.33. The van der Waals surface area contributed by atoms with Crippen molar-refractivity contribution in [1.82, 2.24) is 20.1 Å². The van der Waals surface area contributed by atoms with Crippen LogP contribution in [0.5, 0.6) is 11.5 Å². The summed E-state index contributed by atoms with van der Waals surface area (Å²) in [6.07, 6.45) is 2.50. The minimum absolute atomic E-state index is 0.391. The topological polar surface area (TPSA) is 92.7 Å². The summed E-state index contributed by atoms with van der Waals surface area (Å²) in [6.45, 7) is 2.78. The van der Waals surface area contributed by atoms with Crippen LogP contribution < -0.4 is 19.7 Å². The quantitative estimate of drug-likeness (QED) is 0.773. The molecule has 0 atom stereocenters. The van der Waals surface area contributed by atoms with E-state index in [4.69, 9.17) is 9.47 Å². The molecule has 2 heterocycles. The van der Waals surface area contributed by atoms with Crippen LogP contribution in [-0.4, -0.2) is 66.9 Å². The predicted molar refractivity (Wildman–Crippen MR) is 92.5 cm³/mol. The first-order valence-electron chi connectivity index (χ1n) is 7.86. The van der Waals surface area contributed by atoms with E-state index in [1.54, 1.807) is 37.4 Å². The van der Waals surface area contributed by atoms with Crippen molar-refractivity contribution in [3.8, 4) is 11.5 Å². The number of hydrogen-bond donors (Lipinski definition) is 1. The first kappa shape index (κ1) is 16.7. The number of hydrogen-bond acceptors (Lipinski definition) is 8. The fraction of sp³-hybridized carbons (Fsp3) is 0.375. The number of rotatable bonds is 6. The van der Waals surface area contributed by atoms with E-state index in [0.717, 1.165) is 17.9 Å². The van der Waals surface area contributed by atoms with Crippen molar-refractivity contribution in [2.45, 2.75) is 0 Å². The van der Waals surface area contributed by atoms with Gasteiger partial charge in [-0.1, -0.05) is 0 Å². The van der Waals surface area contributed by atoms with Crippen LogP contribution in [0.3, 0.4) is 0 Å². The molecule has 1 saturated heterocycles. The molecule has 0 bridgehead atoms. The smallest absolute Gasteiger partial charge is 0.249 e. The lowest BCUT2D eigenvalue weighted by Crippen LogP contribution is -2.46. The number of ether oxygens (including phenoxy) is 2. The highest BCUT2D eigenvalue weighted by Gasteiger charge is 2.17. The van der Waals surface area contributed by atoms with Crippen LogP contribution in [0.15, 0.2) is 24.4 Å². The van der Waals surface area contributed by atoms with Crippen molar-refractivity contribution in [1.29, 1.82) is 0 Å². The number of piperazine rings is 1. The average Bonchev–Trinajstić information content (AvgIpc) is 2.68. The van der Waals surface area contributed by atoms with E-state index < -0.39 is 0 Å². The Hall–Kier alpha value is -3.10. The monoisotopic (exact) mass is 344 g/mol. The summed E-state index contributed by atoms with van der Waals surface area (Å²) in [6, 6.07) is 5.45. The molecule has 132 valence electrons. The second kappa shape index (κ2) is 7.65. The van der Waals surface area contributed by atoms with E-state index in [2.05, 4.69) is 25.4 Å². The SMILES string of the molecule is COc1ccc(Nc2nncc(N3CCN(C=O)CC3)n2)cc1OC. The van der Waals surface area contributed by atoms with Crippen LogP contribution in [-0.2, 0) is 4.79 Å². The minimum atomic E-state index is 0.391. The number of anilines is 3. The largest absolute Gasteiger partial charge is 0.493 e. The number of nitrogens with one attached hydrogen (secondary N) is 1. The van der Waals surface area contributed by atoms with Crippen molar-refractivity contribution in [3.63, 3.8) is 0 Å². The molecule has 0 unspecified atom stereocenters. The van der Waals surface area contributed by atoms with Gasteiger partial charge in [-0.05, 0) is 12.1 Å². The maximum absolute atomic E-state index is 10.8.